The van der Waals surface area contributed by atoms with Gasteiger partial charge in [0.1, 0.15) is 5.84 Å². The zero-order valence-corrected chi connectivity index (χ0v) is 8.03. The molecule has 1 aliphatic heterocycles. The Morgan fingerprint density at radius 3 is 3.14 bits per heavy atom. The van der Waals surface area contributed by atoms with Crippen LogP contribution in [0.1, 0.15) is 12.8 Å². The summed E-state index contributed by atoms with van der Waals surface area (Å²) in [5, 5.41) is 6.77. The average Bonchev–Trinajstić information content (AvgIpc) is 2.52. The topological polar surface area (TPSA) is 101 Å². The highest BCUT2D eigenvalue weighted by atomic mass is 15.5. The van der Waals surface area contributed by atoms with Gasteiger partial charge in [-0.3, -0.25) is 4.99 Å². The lowest BCUT2D eigenvalue weighted by Crippen LogP contribution is -2.25. The van der Waals surface area contributed by atoms with Crippen LogP contribution in [0.15, 0.2) is 22.4 Å². The van der Waals surface area contributed by atoms with Crippen LogP contribution in [0.5, 0.6) is 0 Å². The van der Waals surface area contributed by atoms with E-state index in [1.165, 1.54) is 0 Å². The molecule has 1 unspecified atom stereocenters. The van der Waals surface area contributed by atoms with Gasteiger partial charge in [-0.1, -0.05) is 6.58 Å². The second kappa shape index (κ2) is 5.23. The molecule has 0 aromatic rings. The summed E-state index contributed by atoms with van der Waals surface area (Å²) in [7, 11) is 0. The van der Waals surface area contributed by atoms with E-state index in [0.29, 0.717) is 12.4 Å². The standard InChI is InChI=1S/C8H16N6/c1-6-2-3-7(12-6)4-11-5-8(9)13-14-10/h4,7,12,14H,1-3,5,10H2,(H2,9,13). The molecule has 0 spiro atoms. The van der Waals surface area contributed by atoms with Crippen LogP contribution < -0.4 is 22.4 Å². The molecule has 1 saturated heterocycles. The van der Waals surface area contributed by atoms with E-state index in [1.807, 2.05) is 6.21 Å². The number of hydrogen-bond acceptors (Lipinski definition) is 5. The number of aliphatic imine (C=N–C) groups is 1. The Morgan fingerprint density at radius 1 is 1.79 bits per heavy atom. The van der Waals surface area contributed by atoms with Crippen molar-refractivity contribution in [2.75, 3.05) is 6.54 Å². The summed E-state index contributed by atoms with van der Waals surface area (Å²) in [4.78, 5) is 4.13. The second-order valence-corrected chi connectivity index (χ2v) is 3.12. The Hall–Kier alpha value is -1.56. The van der Waals surface area contributed by atoms with Crippen LogP contribution in [0.4, 0.5) is 0 Å². The lowest BCUT2D eigenvalue weighted by atomic mass is 10.2. The number of nitrogens with zero attached hydrogens (tertiary/aromatic N) is 2. The van der Waals surface area contributed by atoms with Crippen molar-refractivity contribution in [2.45, 2.75) is 18.9 Å². The highest BCUT2D eigenvalue weighted by Crippen LogP contribution is 2.11. The number of hydrazone groups is 1. The fourth-order valence-electron chi connectivity index (χ4n) is 1.24. The molecule has 0 bridgehead atoms. The third-order valence-electron chi connectivity index (χ3n) is 1.89. The summed E-state index contributed by atoms with van der Waals surface area (Å²) in [6, 6.07) is 0.279. The van der Waals surface area contributed by atoms with Crippen LogP contribution in [0.3, 0.4) is 0 Å². The summed E-state index contributed by atoms with van der Waals surface area (Å²) < 4.78 is 0. The summed E-state index contributed by atoms with van der Waals surface area (Å²) in [5.41, 5.74) is 8.63. The van der Waals surface area contributed by atoms with E-state index in [-0.39, 0.29) is 6.04 Å². The molecule has 1 rings (SSSR count). The van der Waals surface area contributed by atoms with E-state index in [0.717, 1.165) is 18.5 Å². The molecule has 6 nitrogen and oxygen atoms in total. The van der Waals surface area contributed by atoms with E-state index in [4.69, 9.17) is 11.6 Å². The molecule has 0 aromatic heterocycles. The number of hydrazine groups is 1. The lowest BCUT2D eigenvalue weighted by molar-refractivity contribution is 0.792. The predicted molar refractivity (Wildman–Crippen MR) is 57.6 cm³/mol. The maximum atomic E-state index is 5.45. The van der Waals surface area contributed by atoms with Gasteiger partial charge in [0.05, 0.1) is 12.6 Å². The van der Waals surface area contributed by atoms with E-state index >= 15 is 0 Å². The summed E-state index contributed by atoms with van der Waals surface area (Å²) in [6.07, 6.45) is 3.87. The van der Waals surface area contributed by atoms with Crippen molar-refractivity contribution in [3.05, 3.63) is 12.3 Å². The van der Waals surface area contributed by atoms with Crippen molar-refractivity contribution in [3.8, 4) is 0 Å². The number of amidine groups is 1. The van der Waals surface area contributed by atoms with Gasteiger partial charge in [-0.25, -0.2) is 11.4 Å². The molecule has 0 aliphatic carbocycles. The molecule has 0 amide bonds. The largest absolute Gasteiger partial charge is 0.384 e. The fraction of sp³-hybridized carbons (Fsp3) is 0.500. The number of hydrogen-bond donors (Lipinski definition) is 4. The molecule has 78 valence electrons. The first kappa shape index (κ1) is 10.5. The van der Waals surface area contributed by atoms with Crippen molar-refractivity contribution >= 4 is 12.1 Å². The zero-order valence-electron chi connectivity index (χ0n) is 8.03. The summed E-state index contributed by atoms with van der Waals surface area (Å²) in [6.45, 7) is 4.19. The Kier molecular flexibility index (Phi) is 3.93. The molecule has 0 radical (unpaired) electrons. The van der Waals surface area contributed by atoms with Gasteiger partial charge in [0.15, 0.2) is 0 Å². The SMILES string of the molecule is C=C1CCC(C=NCC(N)=NNN)N1. The van der Waals surface area contributed by atoms with E-state index in [1.54, 1.807) is 0 Å². The number of nitrogens with one attached hydrogen (secondary N) is 2. The molecule has 1 heterocycles. The minimum Gasteiger partial charge on any atom is -0.384 e. The lowest BCUT2D eigenvalue weighted by Gasteiger charge is -2.03. The molecule has 1 atom stereocenters. The molecule has 1 fully saturated rings. The van der Waals surface area contributed by atoms with Crippen molar-refractivity contribution in [1.82, 2.24) is 10.9 Å². The van der Waals surface area contributed by atoms with Gasteiger partial charge in [0.2, 0.25) is 0 Å². The van der Waals surface area contributed by atoms with E-state index in [2.05, 4.69) is 27.5 Å². The van der Waals surface area contributed by atoms with Crippen molar-refractivity contribution in [1.29, 1.82) is 0 Å². The normalized spacial score (nSPS) is 22.8. The van der Waals surface area contributed by atoms with Gasteiger partial charge in [-0.2, -0.15) is 5.10 Å². The Labute approximate surface area is 83.1 Å². The first-order chi connectivity index (χ1) is 6.72. The monoisotopic (exact) mass is 196 g/mol. The fourth-order valence-corrected chi connectivity index (χ4v) is 1.24. The first-order valence-electron chi connectivity index (χ1n) is 4.44. The van der Waals surface area contributed by atoms with Crippen LogP contribution in [0.2, 0.25) is 0 Å². The van der Waals surface area contributed by atoms with Crippen LogP contribution in [-0.4, -0.2) is 24.6 Å². The molecule has 1 aliphatic rings. The van der Waals surface area contributed by atoms with Crippen LogP contribution in [0.25, 0.3) is 0 Å². The summed E-state index contributed by atoms with van der Waals surface area (Å²) >= 11 is 0. The minimum absolute atomic E-state index is 0.279. The smallest absolute Gasteiger partial charge is 0.142 e. The predicted octanol–water partition coefficient (Wildman–Crippen LogP) is -0.942. The van der Waals surface area contributed by atoms with E-state index in [9.17, 15) is 0 Å². The van der Waals surface area contributed by atoms with Gasteiger partial charge in [-0.15, -0.1) is 0 Å². The molecule has 0 aromatic carbocycles. The minimum atomic E-state index is 0.279. The van der Waals surface area contributed by atoms with Gasteiger partial charge in [0.25, 0.3) is 0 Å². The van der Waals surface area contributed by atoms with Crippen molar-refractivity contribution < 1.29 is 0 Å². The molecular weight excluding hydrogens is 180 g/mol. The Bertz CT molecular complexity index is 257. The molecule has 14 heavy (non-hydrogen) atoms. The quantitative estimate of drug-likeness (QED) is 0.202. The number of nitrogens with two attached hydrogens (primary N) is 2. The van der Waals surface area contributed by atoms with Crippen LogP contribution >= 0.6 is 0 Å². The van der Waals surface area contributed by atoms with Crippen molar-refractivity contribution in [3.63, 3.8) is 0 Å². The van der Waals surface area contributed by atoms with Crippen molar-refractivity contribution in [2.24, 2.45) is 21.7 Å². The molecule has 0 saturated carbocycles. The first-order valence-corrected chi connectivity index (χ1v) is 4.44. The third-order valence-corrected chi connectivity index (χ3v) is 1.89. The highest BCUT2D eigenvalue weighted by molar-refractivity contribution is 5.83. The van der Waals surface area contributed by atoms with Gasteiger partial charge in [-0.05, 0) is 12.8 Å². The molecular formula is C8H16N6. The van der Waals surface area contributed by atoms with Crippen LogP contribution in [0, 0.1) is 0 Å². The third kappa shape index (κ3) is 3.44. The summed E-state index contributed by atoms with van der Waals surface area (Å²) in [5.74, 6) is 5.31. The molecule has 6 heteroatoms. The number of rotatable bonds is 4. The van der Waals surface area contributed by atoms with Crippen LogP contribution in [-0.2, 0) is 0 Å². The van der Waals surface area contributed by atoms with Gasteiger partial charge < -0.3 is 11.1 Å². The van der Waals surface area contributed by atoms with E-state index < -0.39 is 0 Å². The van der Waals surface area contributed by atoms with Gasteiger partial charge >= 0.3 is 0 Å². The highest BCUT2D eigenvalue weighted by Gasteiger charge is 2.13. The molecule has 6 N–H and O–H groups in total. The maximum Gasteiger partial charge on any atom is 0.142 e. The number of allylic oxidation sites excluding steroid dienone is 1. The average molecular weight is 196 g/mol. The zero-order chi connectivity index (χ0) is 10.4. The second-order valence-electron chi connectivity index (χ2n) is 3.12. The maximum absolute atomic E-state index is 5.45. The Balaban J connectivity index is 2.27. The van der Waals surface area contributed by atoms with Gasteiger partial charge in [0, 0.05) is 11.9 Å². The Morgan fingerprint density at radius 2 is 2.57 bits per heavy atom.